The van der Waals surface area contributed by atoms with Gasteiger partial charge in [-0.15, -0.1) is 0 Å². The zero-order chi connectivity index (χ0) is 23.1. The van der Waals surface area contributed by atoms with Crippen LogP contribution in [0.15, 0.2) is 42.6 Å². The molecule has 2 unspecified atom stereocenters. The van der Waals surface area contributed by atoms with E-state index in [1.54, 1.807) is 12.1 Å². The fraction of sp³-hybridized carbons (Fsp3) is 0.500. The molecule has 1 saturated heterocycles. The minimum absolute atomic E-state index is 0.211. The number of rotatable bonds is 7. The highest BCUT2D eigenvalue weighted by Gasteiger charge is 2.34. The Labute approximate surface area is 198 Å². The van der Waals surface area contributed by atoms with Gasteiger partial charge in [-0.1, -0.05) is 13.8 Å². The Morgan fingerprint density at radius 3 is 2.61 bits per heavy atom. The van der Waals surface area contributed by atoms with Crippen LogP contribution in [0.1, 0.15) is 43.9 Å². The smallest absolute Gasteiger partial charge is 0.123 e. The SMILES string of the molecule is Cc1cc2c(cnn2-c2ccc(F)cc2)cc1C1CN(S(=O)CC2CC2)CCN1CC(C)C. The molecule has 1 aromatic heterocycles. The van der Waals surface area contributed by atoms with Gasteiger partial charge in [-0.25, -0.2) is 17.6 Å². The first-order valence-corrected chi connectivity index (χ1v) is 13.3. The summed E-state index contributed by atoms with van der Waals surface area (Å²) >= 11 is 0. The number of hydrogen-bond donors (Lipinski definition) is 0. The third-order valence-corrected chi connectivity index (χ3v) is 8.47. The van der Waals surface area contributed by atoms with Crippen LogP contribution < -0.4 is 0 Å². The summed E-state index contributed by atoms with van der Waals surface area (Å²) in [5.74, 6) is 1.80. The molecule has 2 fully saturated rings. The van der Waals surface area contributed by atoms with E-state index in [-0.39, 0.29) is 11.9 Å². The highest BCUT2D eigenvalue weighted by Crippen LogP contribution is 2.34. The van der Waals surface area contributed by atoms with E-state index in [9.17, 15) is 8.60 Å². The number of piperazine rings is 1. The van der Waals surface area contributed by atoms with E-state index in [1.807, 2.05) is 10.9 Å². The fourth-order valence-electron chi connectivity index (χ4n) is 4.90. The van der Waals surface area contributed by atoms with Gasteiger partial charge in [0, 0.05) is 43.4 Å². The Morgan fingerprint density at radius 2 is 1.91 bits per heavy atom. The Balaban J connectivity index is 1.47. The van der Waals surface area contributed by atoms with Crippen LogP contribution in [0.3, 0.4) is 0 Å². The van der Waals surface area contributed by atoms with Crippen molar-refractivity contribution in [2.45, 2.75) is 39.7 Å². The number of fused-ring (bicyclic) bond motifs is 1. The molecule has 1 aliphatic carbocycles. The van der Waals surface area contributed by atoms with Crippen LogP contribution in [0, 0.1) is 24.6 Å². The Hall–Kier alpha value is -2.09. The topological polar surface area (TPSA) is 41.4 Å². The summed E-state index contributed by atoms with van der Waals surface area (Å²) in [4.78, 5) is 2.56. The van der Waals surface area contributed by atoms with E-state index in [0.29, 0.717) is 11.8 Å². The summed E-state index contributed by atoms with van der Waals surface area (Å²) < 4.78 is 30.5. The van der Waals surface area contributed by atoms with Crippen molar-refractivity contribution in [2.24, 2.45) is 11.8 Å². The van der Waals surface area contributed by atoms with Gasteiger partial charge in [-0.05, 0) is 79.1 Å². The molecule has 5 rings (SSSR count). The van der Waals surface area contributed by atoms with Crippen LogP contribution in [-0.4, -0.2) is 55.1 Å². The first kappa shape index (κ1) is 22.7. The summed E-state index contributed by atoms with van der Waals surface area (Å²) in [6.07, 6.45) is 4.35. The largest absolute Gasteiger partial charge is 0.293 e. The molecule has 2 aliphatic rings. The maximum atomic E-state index is 13.4. The molecule has 176 valence electrons. The van der Waals surface area contributed by atoms with E-state index >= 15 is 0 Å². The third-order valence-electron chi connectivity index (χ3n) is 6.80. The van der Waals surface area contributed by atoms with Gasteiger partial charge in [0.2, 0.25) is 0 Å². The Kier molecular flexibility index (Phi) is 6.38. The van der Waals surface area contributed by atoms with Gasteiger partial charge in [-0.2, -0.15) is 5.10 Å². The second kappa shape index (κ2) is 9.28. The van der Waals surface area contributed by atoms with Crippen LogP contribution in [0.25, 0.3) is 16.6 Å². The predicted molar refractivity (Wildman–Crippen MR) is 132 cm³/mol. The second-order valence-electron chi connectivity index (χ2n) is 10.0. The van der Waals surface area contributed by atoms with Gasteiger partial charge in [0.15, 0.2) is 0 Å². The van der Waals surface area contributed by atoms with Crippen molar-refractivity contribution in [3.05, 3.63) is 59.5 Å². The average Bonchev–Trinajstić information content (AvgIpc) is 3.51. The summed E-state index contributed by atoms with van der Waals surface area (Å²) in [7, 11) is -0.893. The average molecular weight is 469 g/mol. The van der Waals surface area contributed by atoms with E-state index in [4.69, 9.17) is 0 Å². The van der Waals surface area contributed by atoms with Gasteiger partial charge in [0.1, 0.15) is 5.82 Å². The van der Waals surface area contributed by atoms with Crippen molar-refractivity contribution in [1.29, 1.82) is 0 Å². The Morgan fingerprint density at radius 1 is 1.15 bits per heavy atom. The van der Waals surface area contributed by atoms with Crippen LogP contribution in [0.5, 0.6) is 0 Å². The van der Waals surface area contributed by atoms with Gasteiger partial charge < -0.3 is 0 Å². The van der Waals surface area contributed by atoms with E-state index < -0.39 is 11.0 Å². The molecule has 1 aliphatic heterocycles. The van der Waals surface area contributed by atoms with Crippen LogP contribution in [0.2, 0.25) is 0 Å². The highest BCUT2D eigenvalue weighted by molar-refractivity contribution is 7.82. The lowest BCUT2D eigenvalue weighted by Gasteiger charge is -2.42. The zero-order valence-electron chi connectivity index (χ0n) is 19.7. The Bertz CT molecular complexity index is 1160. The normalized spacial score (nSPS) is 21.2. The maximum Gasteiger partial charge on any atom is 0.123 e. The third kappa shape index (κ3) is 4.91. The lowest BCUT2D eigenvalue weighted by atomic mass is 9.96. The molecule has 7 heteroatoms. The fourth-order valence-corrected chi connectivity index (χ4v) is 6.44. The number of aryl methyl sites for hydroxylation is 1. The zero-order valence-corrected chi connectivity index (χ0v) is 20.5. The standard InChI is InChI=1S/C26H33FN4OS/c1-18(2)15-29-10-11-30(33(32)17-20-4-5-20)16-26(29)24-13-21-14-28-31(25(21)12-19(24)3)23-8-6-22(27)7-9-23/h6-9,12-14,18,20,26H,4-5,10-11,15-17H2,1-3H3. The maximum absolute atomic E-state index is 13.4. The number of benzene rings is 2. The summed E-state index contributed by atoms with van der Waals surface area (Å²) in [6.45, 7) is 10.3. The molecule has 0 radical (unpaired) electrons. The molecular formula is C26H33FN4OS. The van der Waals surface area contributed by atoms with Crippen LogP contribution in [0.4, 0.5) is 4.39 Å². The molecule has 0 bridgehead atoms. The molecule has 33 heavy (non-hydrogen) atoms. The summed E-state index contributed by atoms with van der Waals surface area (Å²) in [5.41, 5.74) is 4.36. The van der Waals surface area contributed by atoms with Crippen molar-refractivity contribution < 1.29 is 8.60 Å². The lowest BCUT2D eigenvalue weighted by Crippen LogP contribution is -2.50. The van der Waals surface area contributed by atoms with E-state index in [0.717, 1.165) is 48.5 Å². The molecule has 2 atom stereocenters. The van der Waals surface area contributed by atoms with Crippen molar-refractivity contribution in [3.8, 4) is 5.69 Å². The van der Waals surface area contributed by atoms with E-state index in [1.165, 1.54) is 36.1 Å². The quantitative estimate of drug-likeness (QED) is 0.497. The van der Waals surface area contributed by atoms with Crippen molar-refractivity contribution in [2.75, 3.05) is 31.9 Å². The van der Waals surface area contributed by atoms with Crippen LogP contribution >= 0.6 is 0 Å². The van der Waals surface area contributed by atoms with Crippen molar-refractivity contribution in [1.82, 2.24) is 19.0 Å². The highest BCUT2D eigenvalue weighted by atomic mass is 32.2. The molecule has 0 spiro atoms. The van der Waals surface area contributed by atoms with Crippen molar-refractivity contribution >= 4 is 21.9 Å². The lowest BCUT2D eigenvalue weighted by molar-refractivity contribution is 0.107. The minimum atomic E-state index is -0.893. The molecule has 5 nitrogen and oxygen atoms in total. The number of halogens is 1. The minimum Gasteiger partial charge on any atom is -0.293 e. The first-order valence-electron chi connectivity index (χ1n) is 12.0. The second-order valence-corrected chi connectivity index (χ2v) is 11.5. The molecule has 2 aromatic carbocycles. The van der Waals surface area contributed by atoms with E-state index in [2.05, 4.69) is 47.2 Å². The van der Waals surface area contributed by atoms with Gasteiger partial charge in [0.25, 0.3) is 0 Å². The molecule has 0 N–H and O–H groups in total. The number of nitrogens with zero attached hydrogens (tertiary/aromatic N) is 4. The molecular weight excluding hydrogens is 435 g/mol. The summed E-state index contributed by atoms with van der Waals surface area (Å²) in [5, 5.41) is 5.66. The van der Waals surface area contributed by atoms with Gasteiger partial charge in [-0.3, -0.25) is 4.90 Å². The number of aromatic nitrogens is 2. The van der Waals surface area contributed by atoms with Gasteiger partial charge >= 0.3 is 0 Å². The molecule has 0 amide bonds. The first-order chi connectivity index (χ1) is 15.9. The van der Waals surface area contributed by atoms with Gasteiger partial charge in [0.05, 0.1) is 28.4 Å². The van der Waals surface area contributed by atoms with Crippen molar-refractivity contribution in [3.63, 3.8) is 0 Å². The molecule has 2 heterocycles. The predicted octanol–water partition coefficient (Wildman–Crippen LogP) is 4.86. The summed E-state index contributed by atoms with van der Waals surface area (Å²) in [6, 6.07) is 11.1. The monoisotopic (exact) mass is 468 g/mol. The molecule has 3 aromatic rings. The number of hydrogen-bond acceptors (Lipinski definition) is 3. The molecule has 1 saturated carbocycles. The van der Waals surface area contributed by atoms with Crippen LogP contribution in [-0.2, 0) is 11.0 Å².